The minimum absolute atomic E-state index is 0.418. The van der Waals surface area contributed by atoms with E-state index < -0.39 is 47.0 Å². The molecule has 12 heteroatoms. The number of hydrogen-bond acceptors (Lipinski definition) is 7. The number of ether oxygens (including phenoxy) is 1. The lowest BCUT2D eigenvalue weighted by molar-refractivity contribution is -0.0713. The quantitative estimate of drug-likeness (QED) is 0.171. The van der Waals surface area contributed by atoms with E-state index in [1.165, 1.54) is 0 Å². The van der Waals surface area contributed by atoms with Crippen LogP contribution in [0, 0.1) is 5.41 Å². The van der Waals surface area contributed by atoms with E-state index in [1.807, 2.05) is 60.7 Å². The largest absolute Gasteiger partial charge is 0.484 e. The zero-order valence-corrected chi connectivity index (χ0v) is 21.2. The molecule has 0 heterocycles. The zero-order valence-electron chi connectivity index (χ0n) is 19.5. The van der Waals surface area contributed by atoms with Crippen molar-refractivity contribution < 1.29 is 47.6 Å². The molecule has 37 heavy (non-hydrogen) atoms. The third-order valence-corrected chi connectivity index (χ3v) is 8.14. The predicted octanol–water partition coefficient (Wildman–Crippen LogP) is 4.31. The van der Waals surface area contributed by atoms with E-state index >= 15 is 0 Å². The molecule has 4 aromatic rings. The van der Waals surface area contributed by atoms with Crippen LogP contribution >= 0.6 is 15.6 Å². The van der Waals surface area contributed by atoms with Gasteiger partial charge < -0.3 is 29.6 Å². The molecule has 4 rings (SSSR count). The number of aliphatic hydroxyl groups excluding tert-OH is 2. The zero-order chi connectivity index (χ0) is 26.7. The summed E-state index contributed by atoms with van der Waals surface area (Å²) in [4.78, 5) is 27.8. The third kappa shape index (κ3) is 6.27. The average Bonchev–Trinajstić information content (AvgIpc) is 2.87. The molecule has 0 aromatic heterocycles. The van der Waals surface area contributed by atoms with Gasteiger partial charge in [0.15, 0.2) is 0 Å². The second-order valence-electron chi connectivity index (χ2n) is 8.54. The Hall–Kier alpha value is -2.62. The number of rotatable bonds is 11. The van der Waals surface area contributed by atoms with Gasteiger partial charge in [-0.1, -0.05) is 78.9 Å². The maximum absolute atomic E-state index is 12.2. The van der Waals surface area contributed by atoms with Gasteiger partial charge in [0.05, 0.1) is 25.2 Å². The second-order valence-corrected chi connectivity index (χ2v) is 11.4. The summed E-state index contributed by atoms with van der Waals surface area (Å²) in [5, 5.41) is 24.2. The SMILES string of the molecule is O=P(O)(O)OP(=O)(O)OCC(CO)(CO)C(Oc1cccc2ccccc12)c1cccc2ccccc12. The van der Waals surface area contributed by atoms with Crippen molar-refractivity contribution in [2.45, 2.75) is 6.10 Å². The molecule has 0 aliphatic rings. The molecular formula is C25H26O10P2. The van der Waals surface area contributed by atoms with Crippen LogP contribution in [-0.4, -0.2) is 44.7 Å². The summed E-state index contributed by atoms with van der Waals surface area (Å²) in [6, 6.07) is 25.6. The Balaban J connectivity index is 1.84. The average molecular weight is 548 g/mol. The topological polar surface area (TPSA) is 163 Å². The Morgan fingerprint density at radius 1 is 0.730 bits per heavy atom. The standard InChI is InChI=1S/C25H26O10P2/c26-15-25(16-27,17-33-37(31,32)35-36(28,29)30)24(22-13-5-9-18-7-1-3-11-20(18)22)34-23-14-6-10-19-8-2-4-12-21(19)23/h1-14,24,26-27H,15-17H2,(H,31,32)(H2,28,29,30). The van der Waals surface area contributed by atoms with E-state index in [0.29, 0.717) is 11.3 Å². The maximum atomic E-state index is 12.2. The smallest absolute Gasteiger partial charge is 0.481 e. The highest BCUT2D eigenvalue weighted by molar-refractivity contribution is 7.60. The van der Waals surface area contributed by atoms with Crippen LogP contribution in [0.3, 0.4) is 0 Å². The molecule has 0 bridgehead atoms. The van der Waals surface area contributed by atoms with Crippen molar-refractivity contribution >= 4 is 37.2 Å². The maximum Gasteiger partial charge on any atom is 0.481 e. The van der Waals surface area contributed by atoms with Gasteiger partial charge >= 0.3 is 15.6 Å². The van der Waals surface area contributed by atoms with Crippen LogP contribution in [0.15, 0.2) is 84.9 Å². The molecule has 2 atom stereocenters. The van der Waals surface area contributed by atoms with Crippen molar-refractivity contribution in [3.05, 3.63) is 90.5 Å². The van der Waals surface area contributed by atoms with Crippen LogP contribution in [0.4, 0.5) is 0 Å². The fourth-order valence-corrected chi connectivity index (χ4v) is 5.86. The van der Waals surface area contributed by atoms with Gasteiger partial charge in [-0.15, -0.1) is 0 Å². The molecule has 2 unspecified atom stereocenters. The highest BCUT2D eigenvalue weighted by Gasteiger charge is 2.45. The summed E-state index contributed by atoms with van der Waals surface area (Å²) >= 11 is 0. The Morgan fingerprint density at radius 3 is 1.89 bits per heavy atom. The molecule has 0 saturated carbocycles. The van der Waals surface area contributed by atoms with Gasteiger partial charge in [-0.05, 0) is 22.2 Å². The number of phosphoric ester groups is 1. The fraction of sp³-hybridized carbons (Fsp3) is 0.200. The lowest BCUT2D eigenvalue weighted by Crippen LogP contribution is -2.43. The summed E-state index contributed by atoms with van der Waals surface area (Å²) in [7, 11) is -10.7. The fourth-order valence-electron chi connectivity index (χ4n) is 4.17. The van der Waals surface area contributed by atoms with Crippen molar-refractivity contribution in [3.8, 4) is 5.75 Å². The van der Waals surface area contributed by atoms with Gasteiger partial charge in [0.25, 0.3) is 0 Å². The summed E-state index contributed by atoms with van der Waals surface area (Å²) in [6.45, 7) is -2.40. The normalized spacial score (nSPS) is 14.9. The second kappa shape index (κ2) is 11.0. The summed E-state index contributed by atoms with van der Waals surface area (Å²) in [6.07, 6.45) is -1.14. The van der Waals surface area contributed by atoms with Gasteiger partial charge in [0.2, 0.25) is 0 Å². The Bertz CT molecular complexity index is 1470. The van der Waals surface area contributed by atoms with Crippen LogP contribution < -0.4 is 4.74 Å². The number of phosphoric acid groups is 2. The van der Waals surface area contributed by atoms with E-state index in [0.717, 1.165) is 21.5 Å². The molecule has 0 spiro atoms. The first-order chi connectivity index (χ1) is 17.6. The van der Waals surface area contributed by atoms with Gasteiger partial charge in [0, 0.05) is 10.9 Å². The van der Waals surface area contributed by atoms with Gasteiger partial charge in [-0.25, -0.2) is 9.13 Å². The number of benzene rings is 4. The highest BCUT2D eigenvalue weighted by Crippen LogP contribution is 2.58. The van der Waals surface area contributed by atoms with Crippen LogP contribution in [0.5, 0.6) is 5.75 Å². The van der Waals surface area contributed by atoms with Crippen LogP contribution in [0.2, 0.25) is 0 Å². The first-order valence-electron chi connectivity index (χ1n) is 11.2. The van der Waals surface area contributed by atoms with E-state index in [2.05, 4.69) is 4.31 Å². The molecule has 0 fully saturated rings. The van der Waals surface area contributed by atoms with Crippen molar-refractivity contribution in [1.82, 2.24) is 0 Å². The van der Waals surface area contributed by atoms with E-state index in [9.17, 15) is 24.2 Å². The Morgan fingerprint density at radius 2 is 1.27 bits per heavy atom. The van der Waals surface area contributed by atoms with E-state index in [1.54, 1.807) is 24.3 Å². The van der Waals surface area contributed by atoms with E-state index in [-0.39, 0.29) is 0 Å². The molecular weight excluding hydrogens is 522 g/mol. The van der Waals surface area contributed by atoms with Crippen LogP contribution in [0.1, 0.15) is 11.7 Å². The molecule has 4 aromatic carbocycles. The van der Waals surface area contributed by atoms with Gasteiger partial charge in [-0.2, -0.15) is 4.31 Å². The molecule has 0 radical (unpaired) electrons. The first-order valence-corrected chi connectivity index (χ1v) is 14.2. The van der Waals surface area contributed by atoms with Gasteiger partial charge in [-0.3, -0.25) is 4.52 Å². The third-order valence-electron chi connectivity index (χ3n) is 6.01. The van der Waals surface area contributed by atoms with Crippen molar-refractivity contribution in [2.75, 3.05) is 19.8 Å². The molecule has 0 amide bonds. The predicted molar refractivity (Wildman–Crippen MR) is 137 cm³/mol. The van der Waals surface area contributed by atoms with E-state index in [4.69, 9.17) is 19.0 Å². The Labute approximate surface area is 212 Å². The number of aliphatic hydroxyl groups is 2. The van der Waals surface area contributed by atoms with Gasteiger partial charge in [0.1, 0.15) is 11.9 Å². The van der Waals surface area contributed by atoms with Crippen molar-refractivity contribution in [2.24, 2.45) is 5.41 Å². The van der Waals surface area contributed by atoms with Crippen LogP contribution in [0.25, 0.3) is 21.5 Å². The highest BCUT2D eigenvalue weighted by atomic mass is 31.3. The minimum atomic E-state index is -5.38. The molecule has 0 aliphatic heterocycles. The summed E-state index contributed by atoms with van der Waals surface area (Å²) < 4.78 is 38.6. The molecule has 5 N–H and O–H groups in total. The minimum Gasteiger partial charge on any atom is -0.484 e. The number of fused-ring (bicyclic) bond motifs is 2. The first kappa shape index (κ1) is 27.4. The Kier molecular flexibility index (Phi) is 8.16. The summed E-state index contributed by atoms with van der Waals surface area (Å²) in [5.74, 6) is 0.418. The molecule has 0 saturated heterocycles. The van der Waals surface area contributed by atoms with Crippen molar-refractivity contribution in [3.63, 3.8) is 0 Å². The lowest BCUT2D eigenvalue weighted by atomic mass is 9.79. The molecule has 10 nitrogen and oxygen atoms in total. The van der Waals surface area contributed by atoms with Crippen LogP contribution in [-0.2, 0) is 18.0 Å². The number of hydrogen-bond donors (Lipinski definition) is 5. The molecule has 196 valence electrons. The molecule has 0 aliphatic carbocycles. The monoisotopic (exact) mass is 548 g/mol. The summed E-state index contributed by atoms with van der Waals surface area (Å²) in [5.41, 5.74) is -1.21. The lowest BCUT2D eigenvalue weighted by Gasteiger charge is -2.38. The van der Waals surface area contributed by atoms with Crippen molar-refractivity contribution in [1.29, 1.82) is 0 Å².